The average molecular weight is 628 g/mol. The Hall–Kier alpha value is -5.44. The van der Waals surface area contributed by atoms with Crippen LogP contribution in [0.4, 0.5) is 5.69 Å². The van der Waals surface area contributed by atoms with E-state index in [1.54, 1.807) is 0 Å². The Balaban J connectivity index is 0.000000223. The van der Waals surface area contributed by atoms with Gasteiger partial charge in [0.2, 0.25) is 0 Å². The Morgan fingerprint density at radius 2 is 0.915 bits per heavy atom. The zero-order chi connectivity index (χ0) is 32.2. The number of nitrogens with two attached hydrogens (primary N) is 1. The first-order valence-electron chi connectivity index (χ1n) is 15.9. The zero-order valence-electron chi connectivity index (χ0n) is 25.9. The van der Waals surface area contributed by atoms with E-state index in [4.69, 9.17) is 17.3 Å². The molecule has 0 saturated carbocycles. The van der Waals surface area contributed by atoms with Crippen LogP contribution in [0, 0.1) is 0 Å². The van der Waals surface area contributed by atoms with Gasteiger partial charge < -0.3 is 5.73 Å². The van der Waals surface area contributed by atoms with Crippen LogP contribution in [0.2, 0.25) is 5.02 Å². The molecule has 0 aliphatic heterocycles. The maximum Gasteiger partial charge on any atom is 0.167 e. The molecule has 0 heterocycles. The van der Waals surface area contributed by atoms with Gasteiger partial charge in [-0.3, -0.25) is 4.79 Å². The highest BCUT2D eigenvalue weighted by atomic mass is 35.5. The number of Topliss-reactive ketones (excluding diaryl/α,β-unsaturated/α-hetero) is 1. The maximum atomic E-state index is 11.5. The van der Waals surface area contributed by atoms with Gasteiger partial charge in [0.05, 0.1) is 0 Å². The Labute approximate surface area is 281 Å². The molecule has 228 valence electrons. The highest BCUT2D eigenvalue weighted by Gasteiger charge is 2.26. The molecule has 0 amide bonds. The Morgan fingerprint density at radius 3 is 1.34 bits per heavy atom. The lowest BCUT2D eigenvalue weighted by Gasteiger charge is -2.26. The number of hydrogen-bond donors (Lipinski definition) is 1. The number of carbonyl (C=O) groups excluding carboxylic acids is 1. The molecule has 8 rings (SSSR count). The van der Waals surface area contributed by atoms with E-state index in [1.807, 2.05) is 60.7 Å². The Bertz CT molecular complexity index is 1960. The van der Waals surface area contributed by atoms with Crippen molar-refractivity contribution in [2.75, 3.05) is 5.73 Å². The molecule has 7 aromatic carbocycles. The minimum absolute atomic E-state index is 0.0213. The van der Waals surface area contributed by atoms with Crippen molar-refractivity contribution in [3.63, 3.8) is 0 Å². The lowest BCUT2D eigenvalue weighted by molar-refractivity contribution is 0.1000. The van der Waals surface area contributed by atoms with Crippen molar-refractivity contribution >= 4 is 33.8 Å². The number of hydrogen-bond acceptors (Lipinski definition) is 2. The lowest BCUT2D eigenvalue weighted by Crippen LogP contribution is -2.12. The quantitative estimate of drug-likeness (QED) is 0.147. The largest absolute Gasteiger partial charge is 0.398 e. The van der Waals surface area contributed by atoms with Crippen molar-refractivity contribution in [1.82, 2.24) is 0 Å². The van der Waals surface area contributed by atoms with E-state index in [2.05, 4.69) is 109 Å². The van der Waals surface area contributed by atoms with Gasteiger partial charge in [-0.1, -0.05) is 169 Å². The third-order valence-corrected chi connectivity index (χ3v) is 9.22. The number of nitrogen functional groups attached to an aromatic ring is 1. The topological polar surface area (TPSA) is 43.1 Å². The molecule has 0 fully saturated rings. The molecule has 3 heteroatoms. The van der Waals surface area contributed by atoms with Gasteiger partial charge in [0.25, 0.3) is 0 Å². The molecule has 0 spiro atoms. The molecule has 0 unspecified atom stereocenters. The number of benzene rings is 7. The monoisotopic (exact) mass is 627 g/mol. The minimum atomic E-state index is -0.0213. The van der Waals surface area contributed by atoms with Crippen molar-refractivity contribution in [3.05, 3.63) is 219 Å². The van der Waals surface area contributed by atoms with Gasteiger partial charge >= 0.3 is 0 Å². The van der Waals surface area contributed by atoms with Gasteiger partial charge in [0.1, 0.15) is 0 Å². The van der Waals surface area contributed by atoms with Gasteiger partial charge in [0, 0.05) is 34.5 Å². The number of ketones is 1. The van der Waals surface area contributed by atoms with Crippen LogP contribution in [0.5, 0.6) is 0 Å². The number of halogens is 1. The van der Waals surface area contributed by atoms with E-state index >= 15 is 0 Å². The normalized spacial score (nSPS) is 11.9. The molecule has 7 aromatic rings. The van der Waals surface area contributed by atoms with Crippen LogP contribution in [0.1, 0.15) is 61.1 Å². The number of carbonyl (C=O) groups is 1. The summed E-state index contributed by atoms with van der Waals surface area (Å²) in [5.74, 6) is 0.214. The molecule has 47 heavy (non-hydrogen) atoms. The molecule has 0 atom stereocenters. The molecule has 0 saturated heterocycles. The van der Waals surface area contributed by atoms with E-state index in [1.165, 1.54) is 33.2 Å². The molecule has 1 aliphatic rings. The summed E-state index contributed by atoms with van der Waals surface area (Å²) < 4.78 is 0. The fourth-order valence-corrected chi connectivity index (χ4v) is 7.13. The summed E-state index contributed by atoms with van der Waals surface area (Å²) in [6.45, 7) is 0. The smallest absolute Gasteiger partial charge is 0.167 e. The van der Waals surface area contributed by atoms with Crippen molar-refractivity contribution in [2.45, 2.75) is 18.3 Å². The molecule has 2 nitrogen and oxygen atoms in total. The molecule has 0 bridgehead atoms. The number of rotatable bonds is 6. The van der Waals surface area contributed by atoms with Crippen LogP contribution in [-0.2, 0) is 6.42 Å². The number of anilines is 1. The molecular weight excluding hydrogens is 594 g/mol. The summed E-state index contributed by atoms with van der Waals surface area (Å²) in [6.07, 6.45) is 0.580. The van der Waals surface area contributed by atoms with Crippen molar-refractivity contribution in [1.29, 1.82) is 0 Å². The fraction of sp³-hybridized carbons (Fsp3) is 0.0682. The summed E-state index contributed by atoms with van der Waals surface area (Å²) in [7, 11) is 0. The summed E-state index contributed by atoms with van der Waals surface area (Å²) in [4.78, 5) is 11.5. The maximum absolute atomic E-state index is 11.5. The summed E-state index contributed by atoms with van der Waals surface area (Å²) in [5, 5.41) is 3.03. The van der Waals surface area contributed by atoms with E-state index in [0.717, 1.165) is 27.8 Å². The molecule has 0 radical (unpaired) electrons. The second-order valence-electron chi connectivity index (χ2n) is 11.9. The highest BCUT2D eigenvalue weighted by molar-refractivity contribution is 6.30. The molecular formula is C44H34ClNO. The van der Waals surface area contributed by atoms with Crippen molar-refractivity contribution in [3.8, 4) is 0 Å². The second-order valence-corrected chi connectivity index (χ2v) is 12.4. The van der Waals surface area contributed by atoms with Crippen LogP contribution >= 0.6 is 11.6 Å². The van der Waals surface area contributed by atoms with Gasteiger partial charge in [0.15, 0.2) is 5.78 Å². The first-order chi connectivity index (χ1) is 23.1. The van der Waals surface area contributed by atoms with E-state index in [-0.39, 0.29) is 17.6 Å². The molecule has 1 aliphatic carbocycles. The zero-order valence-corrected chi connectivity index (χ0v) is 26.6. The molecule has 0 aromatic heterocycles. The summed E-state index contributed by atoms with van der Waals surface area (Å²) in [6, 6.07) is 58.1. The van der Waals surface area contributed by atoms with Crippen LogP contribution < -0.4 is 5.73 Å². The van der Waals surface area contributed by atoms with Crippen LogP contribution in [-0.4, -0.2) is 5.78 Å². The van der Waals surface area contributed by atoms with Gasteiger partial charge in [-0.2, -0.15) is 0 Å². The van der Waals surface area contributed by atoms with Gasteiger partial charge in [-0.15, -0.1) is 0 Å². The predicted molar refractivity (Wildman–Crippen MR) is 196 cm³/mol. The first kappa shape index (κ1) is 30.2. The SMILES string of the molecule is Nc1c(C(c2ccccc2)c2ccccc2)cc(Cl)cc1C(c1ccccc1)c1ccccc1.O=C1Cc2cccc3cccc1c23. The molecule has 2 N–H and O–H groups in total. The summed E-state index contributed by atoms with van der Waals surface area (Å²) >= 11 is 6.80. The predicted octanol–water partition coefficient (Wildman–Crippen LogP) is 10.9. The van der Waals surface area contributed by atoms with Crippen LogP contribution in [0.25, 0.3) is 10.8 Å². The van der Waals surface area contributed by atoms with Crippen LogP contribution in [0.15, 0.2) is 170 Å². The van der Waals surface area contributed by atoms with Crippen LogP contribution in [0.3, 0.4) is 0 Å². The minimum Gasteiger partial charge on any atom is -0.398 e. The average Bonchev–Trinajstić information content (AvgIpc) is 3.45. The van der Waals surface area contributed by atoms with E-state index in [0.29, 0.717) is 11.4 Å². The third-order valence-electron chi connectivity index (χ3n) is 9.00. The van der Waals surface area contributed by atoms with E-state index in [9.17, 15) is 4.79 Å². The fourth-order valence-electron chi connectivity index (χ4n) is 6.89. The van der Waals surface area contributed by atoms with Gasteiger partial charge in [-0.05, 0) is 61.8 Å². The lowest BCUT2D eigenvalue weighted by atomic mass is 9.79. The highest BCUT2D eigenvalue weighted by Crippen LogP contribution is 2.43. The first-order valence-corrected chi connectivity index (χ1v) is 16.3. The van der Waals surface area contributed by atoms with Crippen molar-refractivity contribution in [2.24, 2.45) is 0 Å². The van der Waals surface area contributed by atoms with E-state index < -0.39 is 0 Å². The Morgan fingerprint density at radius 1 is 0.511 bits per heavy atom. The van der Waals surface area contributed by atoms with Crippen molar-refractivity contribution < 1.29 is 4.79 Å². The third kappa shape index (κ3) is 6.21. The second kappa shape index (κ2) is 13.5. The summed E-state index contributed by atoms with van der Waals surface area (Å²) in [5.41, 5.74) is 16.7. The standard InChI is InChI=1S/C32H26ClN.C12H8O/c33-27-21-28(30(23-13-5-1-6-14-23)24-15-7-2-8-16-24)32(34)29(22-27)31(25-17-9-3-10-18-25)26-19-11-4-12-20-26;13-11-7-9-5-1-3-8-4-2-6-10(11)12(8)9/h1-22,30-31H,34H2;1-6H,7H2. The Kier molecular flexibility index (Phi) is 8.68. The van der Waals surface area contributed by atoms with Gasteiger partial charge in [-0.25, -0.2) is 0 Å².